The molecule has 0 aliphatic carbocycles. The average Bonchev–Trinajstić information content (AvgIpc) is 2.98. The Bertz CT molecular complexity index is 1030. The Kier molecular flexibility index (Phi) is 2.41. The van der Waals surface area contributed by atoms with Crippen LogP contribution in [0.2, 0.25) is 0 Å². The summed E-state index contributed by atoms with van der Waals surface area (Å²) in [7, 11) is 1.71. The Labute approximate surface area is 120 Å². The molecule has 0 amide bonds. The van der Waals surface area contributed by atoms with Crippen molar-refractivity contribution in [2.24, 2.45) is 7.05 Å². The molecule has 102 valence electrons. The summed E-state index contributed by atoms with van der Waals surface area (Å²) in [5.74, 6) is 0. The lowest BCUT2D eigenvalue weighted by molar-refractivity contribution is 0.843. The highest BCUT2D eigenvalue weighted by Gasteiger charge is 2.05. The second-order valence-electron chi connectivity index (χ2n) is 5.01. The Morgan fingerprint density at radius 3 is 2.81 bits per heavy atom. The minimum atomic E-state index is -0.0349. The van der Waals surface area contributed by atoms with Gasteiger partial charge in [0.2, 0.25) is 0 Å². The Hall–Kier alpha value is -2.95. The van der Waals surface area contributed by atoms with Gasteiger partial charge in [-0.05, 0) is 41.5 Å². The first-order valence-corrected chi connectivity index (χ1v) is 6.61. The van der Waals surface area contributed by atoms with Crippen LogP contribution in [0.1, 0.15) is 0 Å². The SMILES string of the molecule is Cn1cnc2ccc(-c3ccn4nccc4c3)cc2c1=O. The first-order chi connectivity index (χ1) is 10.2. The molecule has 0 aliphatic heterocycles. The van der Waals surface area contributed by atoms with Crippen LogP contribution in [0.25, 0.3) is 27.5 Å². The minimum Gasteiger partial charge on any atom is -0.302 e. The van der Waals surface area contributed by atoms with Crippen molar-refractivity contribution < 1.29 is 0 Å². The van der Waals surface area contributed by atoms with E-state index >= 15 is 0 Å². The van der Waals surface area contributed by atoms with Crippen molar-refractivity contribution in [1.82, 2.24) is 19.2 Å². The maximum absolute atomic E-state index is 12.2. The van der Waals surface area contributed by atoms with E-state index in [1.807, 2.05) is 41.0 Å². The van der Waals surface area contributed by atoms with Crippen molar-refractivity contribution in [2.75, 3.05) is 0 Å². The van der Waals surface area contributed by atoms with Gasteiger partial charge in [0.25, 0.3) is 5.56 Å². The number of hydrogen-bond acceptors (Lipinski definition) is 3. The number of rotatable bonds is 1. The van der Waals surface area contributed by atoms with Gasteiger partial charge in [0.15, 0.2) is 0 Å². The molecule has 0 aliphatic rings. The summed E-state index contributed by atoms with van der Waals surface area (Å²) in [6.45, 7) is 0. The molecule has 0 N–H and O–H groups in total. The molecule has 1 aromatic carbocycles. The van der Waals surface area contributed by atoms with E-state index in [1.54, 1.807) is 19.6 Å². The predicted octanol–water partition coefficient (Wildman–Crippen LogP) is 2.25. The summed E-state index contributed by atoms with van der Waals surface area (Å²) in [5.41, 5.74) is 3.75. The fraction of sp³-hybridized carbons (Fsp3) is 0.0625. The van der Waals surface area contributed by atoms with Gasteiger partial charge >= 0.3 is 0 Å². The largest absolute Gasteiger partial charge is 0.302 e. The number of aryl methyl sites for hydroxylation is 1. The number of aromatic nitrogens is 4. The van der Waals surface area contributed by atoms with Crippen molar-refractivity contribution in [1.29, 1.82) is 0 Å². The quantitative estimate of drug-likeness (QED) is 0.536. The molecule has 3 heterocycles. The van der Waals surface area contributed by atoms with Crippen molar-refractivity contribution in [3.8, 4) is 11.1 Å². The van der Waals surface area contributed by atoms with E-state index in [-0.39, 0.29) is 5.56 Å². The highest BCUT2D eigenvalue weighted by molar-refractivity contribution is 5.84. The van der Waals surface area contributed by atoms with Crippen LogP contribution in [0.4, 0.5) is 0 Å². The average molecular weight is 276 g/mol. The van der Waals surface area contributed by atoms with Crippen molar-refractivity contribution >= 4 is 16.4 Å². The summed E-state index contributed by atoms with van der Waals surface area (Å²) in [6.07, 6.45) is 5.22. The van der Waals surface area contributed by atoms with E-state index in [9.17, 15) is 4.79 Å². The lowest BCUT2D eigenvalue weighted by atomic mass is 10.0. The number of nitrogens with zero attached hydrogens (tertiary/aromatic N) is 4. The molecule has 4 aromatic rings. The Morgan fingerprint density at radius 1 is 1.05 bits per heavy atom. The molecule has 0 saturated carbocycles. The van der Waals surface area contributed by atoms with Gasteiger partial charge in [-0.15, -0.1) is 0 Å². The fourth-order valence-corrected chi connectivity index (χ4v) is 2.49. The van der Waals surface area contributed by atoms with E-state index in [0.717, 1.165) is 16.6 Å². The van der Waals surface area contributed by atoms with E-state index in [4.69, 9.17) is 0 Å². The van der Waals surface area contributed by atoms with E-state index in [2.05, 4.69) is 16.1 Å². The van der Waals surface area contributed by atoms with Crippen LogP contribution in [0.3, 0.4) is 0 Å². The molecular weight excluding hydrogens is 264 g/mol. The van der Waals surface area contributed by atoms with Gasteiger partial charge in [-0.25, -0.2) is 9.50 Å². The highest BCUT2D eigenvalue weighted by Crippen LogP contribution is 2.23. The zero-order valence-electron chi connectivity index (χ0n) is 11.4. The van der Waals surface area contributed by atoms with Gasteiger partial charge in [-0.1, -0.05) is 6.07 Å². The third-order valence-electron chi connectivity index (χ3n) is 3.65. The molecule has 5 nitrogen and oxygen atoms in total. The minimum absolute atomic E-state index is 0.0349. The predicted molar refractivity (Wildman–Crippen MR) is 81.2 cm³/mol. The first-order valence-electron chi connectivity index (χ1n) is 6.61. The van der Waals surface area contributed by atoms with Crippen LogP contribution in [-0.4, -0.2) is 19.2 Å². The van der Waals surface area contributed by atoms with E-state index < -0.39 is 0 Å². The summed E-state index contributed by atoms with van der Waals surface area (Å²) in [6, 6.07) is 11.7. The van der Waals surface area contributed by atoms with Gasteiger partial charge < -0.3 is 4.57 Å². The number of benzene rings is 1. The summed E-state index contributed by atoms with van der Waals surface area (Å²) < 4.78 is 3.30. The van der Waals surface area contributed by atoms with Crippen LogP contribution in [0.15, 0.2) is 59.9 Å². The standard InChI is InChI=1S/C16H12N4O/c1-19-10-17-15-3-2-11(9-14(15)16(19)21)12-5-7-20-13(8-12)4-6-18-20/h2-10H,1H3. The van der Waals surface area contributed by atoms with E-state index in [0.29, 0.717) is 10.9 Å². The number of pyridine rings is 1. The molecule has 0 unspecified atom stereocenters. The van der Waals surface area contributed by atoms with Crippen LogP contribution in [0, 0.1) is 0 Å². The molecular formula is C16H12N4O. The smallest absolute Gasteiger partial charge is 0.260 e. The van der Waals surface area contributed by atoms with Crippen molar-refractivity contribution in [2.45, 2.75) is 0 Å². The number of fused-ring (bicyclic) bond motifs is 2. The molecule has 5 heteroatoms. The van der Waals surface area contributed by atoms with Gasteiger partial charge in [0, 0.05) is 19.4 Å². The van der Waals surface area contributed by atoms with Crippen molar-refractivity contribution in [3.63, 3.8) is 0 Å². The molecule has 0 spiro atoms. The van der Waals surface area contributed by atoms with Crippen molar-refractivity contribution in [3.05, 3.63) is 65.5 Å². The van der Waals surface area contributed by atoms with Gasteiger partial charge in [0.1, 0.15) is 0 Å². The van der Waals surface area contributed by atoms with Gasteiger partial charge in [0.05, 0.1) is 22.7 Å². The Morgan fingerprint density at radius 2 is 1.90 bits per heavy atom. The van der Waals surface area contributed by atoms with Gasteiger partial charge in [-0.3, -0.25) is 4.79 Å². The topological polar surface area (TPSA) is 52.2 Å². The Balaban J connectivity index is 1.97. The molecule has 4 rings (SSSR count). The first kappa shape index (κ1) is 11.8. The van der Waals surface area contributed by atoms with Crippen LogP contribution in [0.5, 0.6) is 0 Å². The zero-order chi connectivity index (χ0) is 14.4. The summed E-state index contributed by atoms with van der Waals surface area (Å²) >= 11 is 0. The van der Waals surface area contributed by atoms with E-state index in [1.165, 1.54) is 4.57 Å². The monoisotopic (exact) mass is 276 g/mol. The highest BCUT2D eigenvalue weighted by atomic mass is 16.1. The molecule has 0 bridgehead atoms. The zero-order valence-corrected chi connectivity index (χ0v) is 11.4. The summed E-state index contributed by atoms with van der Waals surface area (Å²) in [4.78, 5) is 16.5. The second kappa shape index (κ2) is 4.28. The summed E-state index contributed by atoms with van der Waals surface area (Å²) in [5, 5.41) is 4.81. The van der Waals surface area contributed by atoms with Crippen LogP contribution in [-0.2, 0) is 7.05 Å². The molecule has 0 radical (unpaired) electrons. The molecule has 0 atom stereocenters. The molecule has 0 saturated heterocycles. The molecule has 3 aromatic heterocycles. The van der Waals surface area contributed by atoms with Crippen LogP contribution >= 0.6 is 0 Å². The van der Waals surface area contributed by atoms with Crippen LogP contribution < -0.4 is 5.56 Å². The molecule has 0 fully saturated rings. The maximum Gasteiger partial charge on any atom is 0.260 e. The lowest BCUT2D eigenvalue weighted by Gasteiger charge is -2.05. The third-order valence-corrected chi connectivity index (χ3v) is 3.65. The molecule has 21 heavy (non-hydrogen) atoms. The lowest BCUT2D eigenvalue weighted by Crippen LogP contribution is -2.16. The normalized spacial score (nSPS) is 11.3. The fourth-order valence-electron chi connectivity index (χ4n) is 2.49. The van der Waals surface area contributed by atoms with Gasteiger partial charge in [-0.2, -0.15) is 5.10 Å². The second-order valence-corrected chi connectivity index (χ2v) is 5.01. The third kappa shape index (κ3) is 1.82. The number of hydrogen-bond donors (Lipinski definition) is 0. The maximum atomic E-state index is 12.2.